The zero-order valence-corrected chi connectivity index (χ0v) is 17.3. The number of carboxylic acid groups (broad SMARTS) is 1. The second-order valence-electron chi connectivity index (χ2n) is 7.64. The maximum Gasteiger partial charge on any atom is 0.332 e. The van der Waals surface area contributed by atoms with Gasteiger partial charge in [-0.15, -0.1) is 0 Å². The predicted molar refractivity (Wildman–Crippen MR) is 112 cm³/mol. The monoisotopic (exact) mass is 368 g/mol. The van der Waals surface area contributed by atoms with E-state index in [0.717, 1.165) is 19.3 Å². The topological polar surface area (TPSA) is 57.5 Å². The minimum absolute atomic E-state index is 0.391. The Bertz CT molecular complexity index is 325. The third kappa shape index (κ3) is 19.5. The van der Waals surface area contributed by atoms with Crippen molar-refractivity contribution in [2.75, 3.05) is 0 Å². The fourth-order valence-electron chi connectivity index (χ4n) is 3.24. The molecule has 0 aromatic carbocycles. The van der Waals surface area contributed by atoms with Gasteiger partial charge in [-0.1, -0.05) is 103 Å². The number of carbonyl (C=O) groups is 1. The van der Waals surface area contributed by atoms with Crippen molar-refractivity contribution in [2.45, 2.75) is 129 Å². The van der Waals surface area contributed by atoms with Gasteiger partial charge in [0, 0.05) is 0 Å². The van der Waals surface area contributed by atoms with Crippen molar-refractivity contribution in [2.24, 2.45) is 0 Å². The van der Waals surface area contributed by atoms with Crippen LogP contribution in [0.4, 0.5) is 0 Å². The van der Waals surface area contributed by atoms with Crippen LogP contribution in [0.2, 0.25) is 0 Å². The molecule has 26 heavy (non-hydrogen) atoms. The number of aliphatic hydroxyl groups is 1. The maximum atomic E-state index is 10.5. The van der Waals surface area contributed by atoms with Crippen LogP contribution in [0.3, 0.4) is 0 Å². The zero-order valence-electron chi connectivity index (χ0n) is 17.3. The second-order valence-corrected chi connectivity index (χ2v) is 7.64. The van der Waals surface area contributed by atoms with Crippen molar-refractivity contribution in [1.82, 2.24) is 0 Å². The molecule has 0 saturated heterocycles. The summed E-state index contributed by atoms with van der Waals surface area (Å²) in [6.45, 7) is 2.27. The Balaban J connectivity index is 3.13. The van der Waals surface area contributed by atoms with Crippen LogP contribution in [-0.4, -0.2) is 22.3 Å². The highest BCUT2D eigenvalue weighted by molar-refractivity contribution is 5.71. The van der Waals surface area contributed by atoms with Crippen LogP contribution in [0.15, 0.2) is 12.2 Å². The molecule has 0 radical (unpaired) electrons. The Morgan fingerprint density at radius 1 is 0.692 bits per heavy atom. The highest BCUT2D eigenvalue weighted by atomic mass is 16.4. The van der Waals surface area contributed by atoms with Gasteiger partial charge in [-0.3, -0.25) is 0 Å². The molecule has 3 heteroatoms. The molecular weight excluding hydrogens is 324 g/mol. The van der Waals surface area contributed by atoms with Crippen molar-refractivity contribution in [3.63, 3.8) is 0 Å². The lowest BCUT2D eigenvalue weighted by Crippen LogP contribution is -2.18. The normalized spacial score (nSPS) is 12.7. The van der Waals surface area contributed by atoms with E-state index in [9.17, 15) is 4.79 Å². The first-order valence-electron chi connectivity index (χ1n) is 11.2. The molecule has 0 amide bonds. The van der Waals surface area contributed by atoms with E-state index in [2.05, 4.69) is 19.1 Å². The quantitative estimate of drug-likeness (QED) is 0.179. The fourth-order valence-corrected chi connectivity index (χ4v) is 3.24. The lowest BCUT2D eigenvalue weighted by molar-refractivity contribution is -0.146. The molecule has 0 bridgehead atoms. The Labute approximate surface area is 162 Å². The van der Waals surface area contributed by atoms with Gasteiger partial charge in [-0.25, -0.2) is 4.79 Å². The zero-order chi connectivity index (χ0) is 19.3. The average molecular weight is 369 g/mol. The predicted octanol–water partition coefficient (Wildman–Crippen LogP) is 7.03. The van der Waals surface area contributed by atoms with E-state index in [4.69, 9.17) is 10.2 Å². The smallest absolute Gasteiger partial charge is 0.332 e. The lowest BCUT2D eigenvalue weighted by atomic mass is 10.0. The molecular formula is C23H44O3. The van der Waals surface area contributed by atoms with Crippen LogP contribution in [0.5, 0.6) is 0 Å². The molecule has 0 aromatic heterocycles. The molecule has 1 atom stereocenters. The van der Waals surface area contributed by atoms with Gasteiger partial charge in [0.2, 0.25) is 0 Å². The number of aliphatic carboxylic acids is 1. The molecule has 154 valence electrons. The van der Waals surface area contributed by atoms with E-state index in [1.54, 1.807) is 0 Å². The molecule has 1 unspecified atom stereocenters. The number of rotatable bonds is 20. The Morgan fingerprint density at radius 3 is 1.50 bits per heavy atom. The van der Waals surface area contributed by atoms with Crippen LogP contribution in [0.1, 0.15) is 122 Å². The summed E-state index contributed by atoms with van der Waals surface area (Å²) in [7, 11) is 0. The number of allylic oxidation sites excluding steroid dienone is 2. The first kappa shape index (κ1) is 25.2. The van der Waals surface area contributed by atoms with E-state index in [1.807, 2.05) is 0 Å². The van der Waals surface area contributed by atoms with E-state index < -0.39 is 12.1 Å². The molecule has 0 aromatic rings. The summed E-state index contributed by atoms with van der Waals surface area (Å²) in [5.74, 6) is -1.10. The van der Waals surface area contributed by atoms with Gasteiger partial charge in [0.05, 0.1) is 0 Å². The van der Waals surface area contributed by atoms with Gasteiger partial charge < -0.3 is 10.2 Å². The number of unbranched alkanes of at least 4 members (excludes halogenated alkanes) is 15. The van der Waals surface area contributed by atoms with E-state index in [1.165, 1.54) is 89.9 Å². The summed E-state index contributed by atoms with van der Waals surface area (Å²) in [5.41, 5.74) is 0. The van der Waals surface area contributed by atoms with Gasteiger partial charge in [-0.05, 0) is 32.1 Å². The van der Waals surface area contributed by atoms with Crippen molar-refractivity contribution in [1.29, 1.82) is 0 Å². The lowest BCUT2D eigenvalue weighted by Gasteiger charge is -2.05. The molecule has 0 aliphatic heterocycles. The van der Waals surface area contributed by atoms with Gasteiger partial charge in [0.1, 0.15) is 0 Å². The fraction of sp³-hybridized carbons (Fsp3) is 0.870. The first-order chi connectivity index (χ1) is 12.7. The first-order valence-corrected chi connectivity index (χ1v) is 11.2. The van der Waals surface area contributed by atoms with E-state index in [-0.39, 0.29) is 0 Å². The molecule has 0 aliphatic rings. The van der Waals surface area contributed by atoms with Crippen LogP contribution in [-0.2, 0) is 4.79 Å². The molecule has 3 nitrogen and oxygen atoms in total. The second kappa shape index (κ2) is 20.5. The number of hydrogen-bond acceptors (Lipinski definition) is 2. The van der Waals surface area contributed by atoms with Gasteiger partial charge in [-0.2, -0.15) is 0 Å². The molecule has 0 fully saturated rings. The van der Waals surface area contributed by atoms with E-state index >= 15 is 0 Å². The van der Waals surface area contributed by atoms with Crippen molar-refractivity contribution >= 4 is 5.97 Å². The Kier molecular flexibility index (Phi) is 19.8. The van der Waals surface area contributed by atoms with Crippen LogP contribution in [0.25, 0.3) is 0 Å². The van der Waals surface area contributed by atoms with Crippen molar-refractivity contribution in [3.05, 3.63) is 12.2 Å². The number of carboxylic acids is 1. The van der Waals surface area contributed by atoms with Crippen LogP contribution in [0, 0.1) is 0 Å². The molecule has 0 heterocycles. The molecule has 0 rings (SSSR count). The summed E-state index contributed by atoms with van der Waals surface area (Å²) < 4.78 is 0. The van der Waals surface area contributed by atoms with Gasteiger partial charge in [0.25, 0.3) is 0 Å². The summed E-state index contributed by atoms with van der Waals surface area (Å²) in [4.78, 5) is 10.5. The van der Waals surface area contributed by atoms with Gasteiger partial charge in [0.15, 0.2) is 6.10 Å². The maximum absolute atomic E-state index is 10.5. The SMILES string of the molecule is CCCCCCCCC=CCCCCCCCCCCCC(O)C(=O)O. The third-order valence-electron chi connectivity index (χ3n) is 5.02. The summed E-state index contributed by atoms with van der Waals surface area (Å²) in [6, 6.07) is 0. The van der Waals surface area contributed by atoms with Crippen LogP contribution < -0.4 is 0 Å². The van der Waals surface area contributed by atoms with Crippen molar-refractivity contribution in [3.8, 4) is 0 Å². The highest BCUT2D eigenvalue weighted by Gasteiger charge is 2.11. The highest BCUT2D eigenvalue weighted by Crippen LogP contribution is 2.13. The standard InChI is InChI=1S/C23H44O3/c1-2-3-4-5-6-7-8-9-10-11-12-13-14-15-16-17-18-19-20-21-22(24)23(25)26/h9-10,22,24H,2-8,11-21H2,1H3,(H,25,26). The van der Waals surface area contributed by atoms with Crippen LogP contribution >= 0.6 is 0 Å². The van der Waals surface area contributed by atoms with Crippen molar-refractivity contribution < 1.29 is 15.0 Å². The third-order valence-corrected chi connectivity index (χ3v) is 5.02. The number of hydrogen-bond donors (Lipinski definition) is 2. The van der Waals surface area contributed by atoms with Gasteiger partial charge >= 0.3 is 5.97 Å². The minimum Gasteiger partial charge on any atom is -0.479 e. The average Bonchev–Trinajstić information content (AvgIpc) is 2.63. The Hall–Kier alpha value is -0.830. The summed E-state index contributed by atoms with van der Waals surface area (Å²) >= 11 is 0. The molecule has 0 aliphatic carbocycles. The number of aliphatic hydroxyl groups excluding tert-OH is 1. The molecule has 0 spiro atoms. The Morgan fingerprint density at radius 2 is 1.08 bits per heavy atom. The largest absolute Gasteiger partial charge is 0.479 e. The summed E-state index contributed by atoms with van der Waals surface area (Å²) in [6.07, 6.45) is 25.6. The molecule has 2 N–H and O–H groups in total. The summed E-state index contributed by atoms with van der Waals surface area (Å²) in [5, 5.41) is 17.7. The minimum atomic E-state index is -1.17. The van der Waals surface area contributed by atoms with E-state index in [0.29, 0.717) is 6.42 Å². The molecule has 0 saturated carbocycles.